The summed E-state index contributed by atoms with van der Waals surface area (Å²) in [4.78, 5) is 22.2. The van der Waals surface area contributed by atoms with Crippen molar-refractivity contribution in [3.63, 3.8) is 0 Å². The summed E-state index contributed by atoms with van der Waals surface area (Å²) in [5.74, 6) is -0.443. The van der Waals surface area contributed by atoms with E-state index in [2.05, 4.69) is 10.2 Å². The molecular formula is C19H30N2O3. The summed E-state index contributed by atoms with van der Waals surface area (Å²) < 4.78 is 0. The Bertz CT molecular complexity index is 463. The maximum atomic E-state index is 11.8. The van der Waals surface area contributed by atoms with Crippen LogP contribution in [0.5, 0.6) is 0 Å². The lowest BCUT2D eigenvalue weighted by Gasteiger charge is -2.03. The van der Waals surface area contributed by atoms with Gasteiger partial charge in [0.1, 0.15) is 5.78 Å². The van der Waals surface area contributed by atoms with Crippen molar-refractivity contribution in [2.75, 3.05) is 0 Å². The van der Waals surface area contributed by atoms with E-state index in [9.17, 15) is 9.59 Å². The molecule has 0 aromatic carbocycles. The van der Waals surface area contributed by atoms with Gasteiger partial charge in [-0.05, 0) is 25.0 Å². The van der Waals surface area contributed by atoms with Crippen molar-refractivity contribution in [2.24, 2.45) is 0 Å². The molecule has 5 nitrogen and oxygen atoms in total. The number of nitrogens with zero attached hydrogens (tertiary/aromatic N) is 2. The molecule has 0 spiro atoms. The number of carbonyl (C=O) groups excluding carboxylic acids is 1. The van der Waals surface area contributed by atoms with Gasteiger partial charge in [0.15, 0.2) is 0 Å². The number of aliphatic carboxylic acids is 1. The molecule has 5 heteroatoms. The van der Waals surface area contributed by atoms with E-state index in [1.54, 1.807) is 6.20 Å². The van der Waals surface area contributed by atoms with Gasteiger partial charge in [-0.15, -0.1) is 0 Å². The minimum atomic E-state index is -0.690. The zero-order valence-electron chi connectivity index (χ0n) is 14.6. The Hall–Kier alpha value is -1.78. The highest BCUT2D eigenvalue weighted by molar-refractivity contribution is 5.80. The number of aromatic nitrogens is 2. The monoisotopic (exact) mass is 334 g/mol. The van der Waals surface area contributed by atoms with Crippen LogP contribution in [0.1, 0.15) is 82.7 Å². The molecule has 0 saturated carbocycles. The van der Waals surface area contributed by atoms with Crippen LogP contribution in [0.3, 0.4) is 0 Å². The van der Waals surface area contributed by atoms with Crippen molar-refractivity contribution >= 4 is 11.8 Å². The molecule has 134 valence electrons. The minimum absolute atomic E-state index is 0.247. The lowest BCUT2D eigenvalue weighted by molar-refractivity contribution is -0.137. The number of unbranched alkanes of at least 4 members (excludes halogenated alkanes) is 9. The molecule has 0 bridgehead atoms. The average molecular weight is 334 g/mol. The predicted octanol–water partition coefficient (Wildman–Crippen LogP) is 4.35. The van der Waals surface area contributed by atoms with Gasteiger partial charge in [-0.25, -0.2) is 0 Å². The van der Waals surface area contributed by atoms with Crippen molar-refractivity contribution in [1.82, 2.24) is 10.2 Å². The van der Waals surface area contributed by atoms with Crippen LogP contribution >= 0.6 is 0 Å². The summed E-state index contributed by atoms with van der Waals surface area (Å²) >= 11 is 0. The summed E-state index contributed by atoms with van der Waals surface area (Å²) in [6, 6.07) is 3.65. The van der Waals surface area contributed by atoms with Gasteiger partial charge in [-0.3, -0.25) is 9.59 Å². The Morgan fingerprint density at radius 2 is 1.38 bits per heavy atom. The van der Waals surface area contributed by atoms with E-state index in [0.717, 1.165) is 37.8 Å². The number of hydrogen-bond donors (Lipinski definition) is 1. The van der Waals surface area contributed by atoms with Gasteiger partial charge in [0.25, 0.3) is 0 Å². The Morgan fingerprint density at radius 3 is 1.88 bits per heavy atom. The highest BCUT2D eigenvalue weighted by Crippen LogP contribution is 2.12. The van der Waals surface area contributed by atoms with E-state index in [1.165, 1.54) is 32.1 Å². The van der Waals surface area contributed by atoms with Crippen LogP contribution in [0.25, 0.3) is 0 Å². The van der Waals surface area contributed by atoms with E-state index in [1.807, 2.05) is 12.1 Å². The van der Waals surface area contributed by atoms with Crippen molar-refractivity contribution in [2.45, 2.75) is 83.5 Å². The first kappa shape index (κ1) is 20.3. The smallest absolute Gasteiger partial charge is 0.303 e. The first-order chi connectivity index (χ1) is 11.7. The molecule has 1 aromatic rings. The van der Waals surface area contributed by atoms with Gasteiger partial charge in [0.05, 0.1) is 12.1 Å². The predicted molar refractivity (Wildman–Crippen MR) is 93.8 cm³/mol. The number of hydrogen-bond acceptors (Lipinski definition) is 4. The van der Waals surface area contributed by atoms with Gasteiger partial charge in [-0.1, -0.05) is 51.4 Å². The first-order valence-corrected chi connectivity index (χ1v) is 9.18. The van der Waals surface area contributed by atoms with Crippen molar-refractivity contribution in [3.05, 3.63) is 24.0 Å². The SMILES string of the molecule is O=C(O)CCCCCCCCCCCCC(=O)Cc1cccnn1. The second-order valence-electron chi connectivity index (χ2n) is 6.36. The molecule has 0 amide bonds. The quantitative estimate of drug-likeness (QED) is 0.482. The summed E-state index contributed by atoms with van der Waals surface area (Å²) in [7, 11) is 0. The molecule has 1 aromatic heterocycles. The van der Waals surface area contributed by atoms with Crippen LogP contribution in [0.4, 0.5) is 0 Å². The molecule has 1 heterocycles. The van der Waals surface area contributed by atoms with Gasteiger partial charge < -0.3 is 5.11 Å². The molecule has 0 radical (unpaired) electrons. The van der Waals surface area contributed by atoms with Gasteiger partial charge in [0, 0.05) is 19.0 Å². The molecule has 0 aliphatic rings. The summed E-state index contributed by atoms with van der Waals surface area (Å²) in [5, 5.41) is 16.2. The molecule has 0 saturated heterocycles. The second-order valence-corrected chi connectivity index (χ2v) is 6.36. The molecule has 0 unspecified atom stereocenters. The zero-order chi connectivity index (χ0) is 17.5. The number of carboxylic acids is 1. The number of carbonyl (C=O) groups is 2. The van der Waals surface area contributed by atoms with E-state index in [4.69, 9.17) is 5.11 Å². The molecule has 0 fully saturated rings. The highest BCUT2D eigenvalue weighted by Gasteiger charge is 2.04. The summed E-state index contributed by atoms with van der Waals surface area (Å²) in [6.45, 7) is 0. The van der Waals surface area contributed by atoms with E-state index >= 15 is 0 Å². The van der Waals surface area contributed by atoms with Crippen LogP contribution in [0.15, 0.2) is 18.3 Å². The van der Waals surface area contributed by atoms with Gasteiger partial charge in [0.2, 0.25) is 0 Å². The largest absolute Gasteiger partial charge is 0.481 e. The van der Waals surface area contributed by atoms with Crippen LogP contribution in [0, 0.1) is 0 Å². The van der Waals surface area contributed by atoms with Crippen LogP contribution in [-0.4, -0.2) is 27.1 Å². The maximum absolute atomic E-state index is 11.8. The molecule has 0 aliphatic heterocycles. The van der Waals surface area contributed by atoms with Crippen molar-refractivity contribution < 1.29 is 14.7 Å². The summed E-state index contributed by atoms with van der Waals surface area (Å²) in [6.07, 6.45) is 14.1. The number of rotatable bonds is 15. The van der Waals surface area contributed by atoms with Crippen LogP contribution in [0.2, 0.25) is 0 Å². The standard InChI is InChI=1S/C19H30N2O3/c22-18(16-17-12-11-15-20-21-17)13-9-7-5-3-1-2-4-6-8-10-14-19(23)24/h11-12,15H,1-10,13-14,16H2,(H,23,24). The number of Topliss-reactive ketones (excluding diaryl/α,β-unsaturated/α-hetero) is 1. The second kappa shape index (κ2) is 13.6. The fourth-order valence-electron chi connectivity index (χ4n) is 2.73. The molecular weight excluding hydrogens is 304 g/mol. The average Bonchev–Trinajstić information content (AvgIpc) is 2.56. The topological polar surface area (TPSA) is 80.1 Å². The molecule has 1 rings (SSSR count). The fraction of sp³-hybridized carbons (Fsp3) is 0.684. The Labute approximate surface area is 144 Å². The van der Waals surface area contributed by atoms with Crippen LogP contribution in [-0.2, 0) is 16.0 Å². The minimum Gasteiger partial charge on any atom is -0.481 e. The van der Waals surface area contributed by atoms with Crippen molar-refractivity contribution in [3.8, 4) is 0 Å². The molecule has 1 N–H and O–H groups in total. The number of carboxylic acid groups (broad SMARTS) is 1. The third kappa shape index (κ3) is 11.7. The maximum Gasteiger partial charge on any atom is 0.303 e. The van der Waals surface area contributed by atoms with E-state index < -0.39 is 5.97 Å². The van der Waals surface area contributed by atoms with Crippen molar-refractivity contribution in [1.29, 1.82) is 0 Å². The number of ketones is 1. The Balaban J connectivity index is 1.83. The molecule has 0 aliphatic carbocycles. The Kier molecular flexibility index (Phi) is 11.5. The molecule has 24 heavy (non-hydrogen) atoms. The Morgan fingerprint density at radius 1 is 0.833 bits per heavy atom. The van der Waals surface area contributed by atoms with E-state index in [0.29, 0.717) is 19.3 Å². The van der Waals surface area contributed by atoms with Gasteiger partial charge >= 0.3 is 5.97 Å². The highest BCUT2D eigenvalue weighted by atomic mass is 16.4. The normalized spacial score (nSPS) is 10.7. The third-order valence-electron chi connectivity index (χ3n) is 4.10. The lowest BCUT2D eigenvalue weighted by Crippen LogP contribution is -2.04. The molecule has 0 atom stereocenters. The zero-order valence-corrected chi connectivity index (χ0v) is 14.6. The van der Waals surface area contributed by atoms with Gasteiger partial charge in [-0.2, -0.15) is 10.2 Å². The van der Waals surface area contributed by atoms with E-state index in [-0.39, 0.29) is 5.78 Å². The third-order valence-corrected chi connectivity index (χ3v) is 4.10. The summed E-state index contributed by atoms with van der Waals surface area (Å²) in [5.41, 5.74) is 0.755. The van der Waals surface area contributed by atoms with Crippen LogP contribution < -0.4 is 0 Å². The first-order valence-electron chi connectivity index (χ1n) is 9.18. The fourth-order valence-corrected chi connectivity index (χ4v) is 2.73. The lowest BCUT2D eigenvalue weighted by atomic mass is 10.0.